The Balaban J connectivity index is 2.51. The topological polar surface area (TPSA) is 0 Å². The van der Waals surface area contributed by atoms with Gasteiger partial charge >= 0.3 is 217 Å². The molecule has 0 aliphatic heterocycles. The van der Waals surface area contributed by atoms with E-state index in [1.807, 2.05) is 0 Å². The Morgan fingerprint density at radius 3 is 0.848 bits per heavy atom. The van der Waals surface area contributed by atoms with E-state index < -0.39 is 32.6 Å². The summed E-state index contributed by atoms with van der Waals surface area (Å²) in [6.07, 6.45) is 0. The second kappa shape index (κ2) is 9.89. The van der Waals surface area contributed by atoms with Crippen molar-refractivity contribution in [2.24, 2.45) is 0 Å². The van der Waals surface area contributed by atoms with Crippen molar-refractivity contribution >= 4 is 67.5 Å². The van der Waals surface area contributed by atoms with E-state index in [0.717, 1.165) is 0 Å². The van der Waals surface area contributed by atoms with Gasteiger partial charge in [-0.05, 0) is 0 Å². The Kier molecular flexibility index (Phi) is 8.13. The summed E-state index contributed by atoms with van der Waals surface area (Å²) in [7, 11) is -4.08. The van der Waals surface area contributed by atoms with Crippen LogP contribution in [0.15, 0.2) is 91.0 Å². The van der Waals surface area contributed by atoms with Crippen molar-refractivity contribution in [3.63, 3.8) is 0 Å². The molecule has 0 saturated heterocycles. The van der Waals surface area contributed by atoms with E-state index in [0.29, 0.717) is 0 Å². The molecule has 3 aromatic rings. The molecule has 6 heteroatoms. The molecule has 0 N–H and O–H groups in total. The molecule has 0 aliphatic rings. The molecule has 0 unspecified atom stereocenters. The molecule has 0 saturated carbocycles. The fourth-order valence-electron chi connectivity index (χ4n) is 6.76. The Hall–Kier alpha value is -0.466. The number of rotatable bonds is 8. The minimum absolute atomic E-state index is 0.297. The van der Waals surface area contributed by atoms with Crippen LogP contribution in [0.25, 0.3) is 0 Å². The van der Waals surface area contributed by atoms with E-state index in [4.69, 9.17) is 0 Å². The first-order chi connectivity index (χ1) is 15.3. The van der Waals surface area contributed by atoms with Gasteiger partial charge in [-0.2, -0.15) is 0 Å². The zero-order valence-corrected chi connectivity index (χ0v) is 29.4. The molecule has 3 aromatic carbocycles. The SMILES string of the molecule is C[Si](C)(C)[Si]([Te][Si](c1ccccc1)(c1ccccc1)c1ccccc1)([Si](C)(C)C)[Si](C)(C)C. The number of hydrogen-bond donors (Lipinski definition) is 0. The normalized spacial score (nSPS) is 13.7. The van der Waals surface area contributed by atoms with Crippen molar-refractivity contribution in [1.29, 1.82) is 0 Å². The second-order valence-electron chi connectivity index (χ2n) is 12.3. The van der Waals surface area contributed by atoms with E-state index >= 15 is 0 Å². The van der Waals surface area contributed by atoms with E-state index in [-0.39, 0.29) is 19.3 Å². The molecule has 0 aliphatic carbocycles. The zero-order chi connectivity index (χ0) is 24.5. The molecular formula is C27H42Si5Te. The van der Waals surface area contributed by atoms with Crippen molar-refractivity contribution in [2.75, 3.05) is 0 Å². The van der Waals surface area contributed by atoms with Crippen LogP contribution < -0.4 is 15.6 Å². The summed E-state index contributed by atoms with van der Waals surface area (Å²) in [5.41, 5.74) is -2.09. The molecule has 176 valence electrons. The molecule has 0 atom stereocenters. The predicted octanol–water partition coefficient (Wildman–Crippen LogP) is 5.55. The van der Waals surface area contributed by atoms with Crippen molar-refractivity contribution in [2.45, 2.75) is 58.9 Å². The first-order valence-corrected chi connectivity index (χ1v) is 36.4. The summed E-state index contributed by atoms with van der Waals surface area (Å²) in [6, 6.07) is 35.4. The van der Waals surface area contributed by atoms with Gasteiger partial charge < -0.3 is 0 Å². The monoisotopic (exact) mass is 636 g/mol. The van der Waals surface area contributed by atoms with Crippen LogP contribution in [-0.4, -0.2) is 51.9 Å². The van der Waals surface area contributed by atoms with Crippen molar-refractivity contribution in [3.8, 4) is 0 Å². The molecule has 33 heavy (non-hydrogen) atoms. The fourth-order valence-corrected chi connectivity index (χ4v) is 236. The summed E-state index contributed by atoms with van der Waals surface area (Å²) in [4.78, 5) is 0. The van der Waals surface area contributed by atoms with Crippen molar-refractivity contribution in [1.82, 2.24) is 0 Å². The van der Waals surface area contributed by atoms with Gasteiger partial charge in [-0.25, -0.2) is 0 Å². The Morgan fingerprint density at radius 1 is 0.394 bits per heavy atom. The van der Waals surface area contributed by atoms with Crippen LogP contribution in [0.2, 0.25) is 58.9 Å². The summed E-state index contributed by atoms with van der Waals surface area (Å²) in [5, 5.41) is 4.99. The summed E-state index contributed by atoms with van der Waals surface area (Å²) in [6.45, 7) is 25.0. The van der Waals surface area contributed by atoms with E-state index in [2.05, 4.69) is 150 Å². The molecule has 0 amide bonds. The van der Waals surface area contributed by atoms with Crippen LogP contribution in [-0.2, 0) is 0 Å². The quantitative estimate of drug-likeness (QED) is 0.225. The average molecular weight is 635 g/mol. The molecule has 0 spiro atoms. The van der Waals surface area contributed by atoms with Crippen LogP contribution >= 0.6 is 0 Å². The van der Waals surface area contributed by atoms with Gasteiger partial charge in [0.05, 0.1) is 0 Å². The van der Waals surface area contributed by atoms with Gasteiger partial charge in [-0.15, -0.1) is 0 Å². The van der Waals surface area contributed by atoms with Gasteiger partial charge in [0.2, 0.25) is 0 Å². The van der Waals surface area contributed by atoms with Crippen molar-refractivity contribution in [3.05, 3.63) is 91.0 Å². The van der Waals surface area contributed by atoms with E-state index in [1.165, 1.54) is 0 Å². The molecule has 0 radical (unpaired) electrons. The third-order valence-electron chi connectivity index (χ3n) is 7.02. The maximum absolute atomic E-state index is 2.78. The summed E-state index contributed by atoms with van der Waals surface area (Å²) < 4.78 is -1.48. The third-order valence-corrected chi connectivity index (χ3v) is 166. The van der Waals surface area contributed by atoms with Crippen molar-refractivity contribution < 1.29 is 0 Å². The fraction of sp³-hybridized carbons (Fsp3) is 0.333. The molecule has 0 bridgehead atoms. The molecule has 0 nitrogen and oxygen atoms in total. The first kappa shape index (κ1) is 27.1. The standard InChI is InChI=1S/C27H42Si5Te/c1-28(2,3)32(29(4,5)6,30(7,8)9)33-31(25-19-13-10-14-20-25,26-21-15-11-16-22-26)27-23-17-12-18-24-27/h10-24H,1-9H3. The third kappa shape index (κ3) is 4.95. The van der Waals surface area contributed by atoms with Crippen LogP contribution in [0, 0.1) is 0 Å². The Morgan fingerprint density at radius 2 is 0.636 bits per heavy atom. The molecular weight excluding hydrogens is 592 g/mol. The predicted molar refractivity (Wildman–Crippen MR) is 166 cm³/mol. The number of benzene rings is 3. The van der Waals surface area contributed by atoms with E-state index in [1.54, 1.807) is 15.6 Å². The molecule has 0 aromatic heterocycles. The van der Waals surface area contributed by atoms with Gasteiger partial charge in [0, 0.05) is 0 Å². The number of hydrogen-bond acceptors (Lipinski definition) is 0. The molecule has 3 rings (SSSR count). The molecule has 0 heterocycles. The van der Waals surface area contributed by atoms with Crippen LogP contribution in [0.1, 0.15) is 0 Å². The molecule has 0 fully saturated rings. The van der Waals surface area contributed by atoms with Crippen LogP contribution in [0.5, 0.6) is 0 Å². The maximum atomic E-state index is 2.78. The average Bonchev–Trinajstić information content (AvgIpc) is 2.74. The van der Waals surface area contributed by atoms with Gasteiger partial charge in [-0.3, -0.25) is 0 Å². The second-order valence-corrected chi connectivity index (χ2v) is 81.6. The summed E-state index contributed by atoms with van der Waals surface area (Å²) >= 11 is -0.297. The first-order valence-electron chi connectivity index (χ1n) is 12.1. The van der Waals surface area contributed by atoms with Gasteiger partial charge in [0.1, 0.15) is 0 Å². The van der Waals surface area contributed by atoms with Gasteiger partial charge in [0.15, 0.2) is 0 Å². The summed E-state index contributed by atoms with van der Waals surface area (Å²) in [5.74, 6) is 0. The van der Waals surface area contributed by atoms with Crippen LogP contribution in [0.3, 0.4) is 0 Å². The minimum atomic E-state index is -2.09. The van der Waals surface area contributed by atoms with Crippen LogP contribution in [0.4, 0.5) is 0 Å². The Bertz CT molecular complexity index is 900. The zero-order valence-electron chi connectivity index (χ0n) is 22.1. The Labute approximate surface area is 215 Å². The van der Waals surface area contributed by atoms with Gasteiger partial charge in [-0.1, -0.05) is 0 Å². The van der Waals surface area contributed by atoms with E-state index in [9.17, 15) is 0 Å². The van der Waals surface area contributed by atoms with Gasteiger partial charge in [0.25, 0.3) is 0 Å².